The van der Waals surface area contributed by atoms with Gasteiger partial charge in [-0.3, -0.25) is 0 Å². The van der Waals surface area contributed by atoms with Crippen molar-refractivity contribution in [2.45, 2.75) is 48.5 Å². The van der Waals surface area contributed by atoms with Crippen LogP contribution >= 0.6 is 0 Å². The third-order valence-electron chi connectivity index (χ3n) is 3.62. The zero-order valence-corrected chi connectivity index (χ0v) is 15.6. The van der Waals surface area contributed by atoms with E-state index in [1.807, 2.05) is 26.8 Å². The summed E-state index contributed by atoms with van der Waals surface area (Å²) >= 11 is 0. The van der Waals surface area contributed by atoms with Crippen LogP contribution in [0.4, 0.5) is 0 Å². The molecule has 0 radical (unpaired) electrons. The fourth-order valence-corrected chi connectivity index (χ4v) is 2.50. The second kappa shape index (κ2) is 10.2. The lowest BCUT2D eigenvalue weighted by Gasteiger charge is -2.24. The van der Waals surface area contributed by atoms with Crippen molar-refractivity contribution >= 4 is 0 Å². The number of rotatable bonds is 5. The maximum Gasteiger partial charge on any atom is 0.0112 e. The summed E-state index contributed by atoms with van der Waals surface area (Å²) in [5, 5.41) is 0. The van der Waals surface area contributed by atoms with E-state index in [0.717, 1.165) is 0 Å². The number of hydrogen-bond acceptors (Lipinski definition) is 0. The van der Waals surface area contributed by atoms with Gasteiger partial charge in [0.15, 0.2) is 0 Å². The Hall–Kier alpha value is -1.56. The highest BCUT2D eigenvalue weighted by Crippen LogP contribution is 2.33. The molecule has 1 rings (SSSR count). The molecule has 0 saturated heterocycles. The van der Waals surface area contributed by atoms with Gasteiger partial charge in [0.2, 0.25) is 0 Å². The van der Waals surface area contributed by atoms with Crippen molar-refractivity contribution in [1.29, 1.82) is 0 Å². The summed E-state index contributed by atoms with van der Waals surface area (Å²) in [4.78, 5) is 0. The topological polar surface area (TPSA) is 0 Å². The van der Waals surface area contributed by atoms with Crippen molar-refractivity contribution in [3.05, 3.63) is 72.4 Å². The first kappa shape index (κ1) is 20.4. The van der Waals surface area contributed by atoms with Crippen LogP contribution in [0.15, 0.2) is 72.4 Å². The Morgan fingerprint density at radius 1 is 1.18 bits per heavy atom. The van der Waals surface area contributed by atoms with E-state index in [9.17, 15) is 0 Å². The van der Waals surface area contributed by atoms with Crippen molar-refractivity contribution in [2.24, 2.45) is 17.3 Å². The molecular formula is C22H34. The predicted octanol–water partition coefficient (Wildman–Crippen LogP) is 7.05. The molecule has 0 N–H and O–H groups in total. The van der Waals surface area contributed by atoms with Gasteiger partial charge in [-0.05, 0) is 24.0 Å². The molecule has 0 nitrogen and oxygen atoms in total. The molecule has 0 amide bonds. The molecule has 22 heavy (non-hydrogen) atoms. The molecular weight excluding hydrogens is 264 g/mol. The smallest absolute Gasteiger partial charge is 0.0112 e. The lowest BCUT2D eigenvalue weighted by atomic mass is 9.81. The van der Waals surface area contributed by atoms with E-state index < -0.39 is 0 Å². The van der Waals surface area contributed by atoms with E-state index in [0.29, 0.717) is 11.8 Å². The van der Waals surface area contributed by atoms with Gasteiger partial charge in [-0.1, -0.05) is 103 Å². The summed E-state index contributed by atoms with van der Waals surface area (Å²) in [6, 6.07) is 0. The molecule has 0 aliphatic heterocycles. The van der Waals surface area contributed by atoms with Gasteiger partial charge in [0, 0.05) is 11.3 Å². The third-order valence-corrected chi connectivity index (χ3v) is 3.62. The Labute approximate surface area is 138 Å². The van der Waals surface area contributed by atoms with E-state index in [1.165, 1.54) is 11.1 Å². The lowest BCUT2D eigenvalue weighted by Crippen LogP contribution is -2.13. The second-order valence-corrected chi connectivity index (χ2v) is 6.30. The Kier molecular flexibility index (Phi) is 9.49. The molecule has 1 unspecified atom stereocenters. The summed E-state index contributed by atoms with van der Waals surface area (Å²) < 4.78 is 0. The maximum atomic E-state index is 3.99. The van der Waals surface area contributed by atoms with Crippen LogP contribution < -0.4 is 0 Å². The highest BCUT2D eigenvalue weighted by molar-refractivity contribution is 5.41. The van der Waals surface area contributed by atoms with Crippen molar-refractivity contribution in [1.82, 2.24) is 0 Å². The number of hydrogen-bond donors (Lipinski definition) is 0. The zero-order valence-electron chi connectivity index (χ0n) is 15.6. The van der Waals surface area contributed by atoms with Crippen LogP contribution in [-0.2, 0) is 0 Å². The monoisotopic (exact) mass is 298 g/mol. The minimum Gasteiger partial charge on any atom is -0.0988 e. The van der Waals surface area contributed by atoms with E-state index in [4.69, 9.17) is 0 Å². The minimum atomic E-state index is 0.126. The van der Waals surface area contributed by atoms with Crippen LogP contribution in [0.5, 0.6) is 0 Å². The molecule has 0 aromatic rings. The average Bonchev–Trinajstić information content (AvgIpc) is 2.66. The van der Waals surface area contributed by atoms with Crippen LogP contribution in [0.3, 0.4) is 0 Å². The predicted molar refractivity (Wildman–Crippen MR) is 103 cm³/mol. The van der Waals surface area contributed by atoms with E-state index in [-0.39, 0.29) is 5.41 Å². The SMILES string of the molecule is C=C/C(=C\C=C/C)C(C1=CC=CC(C)(C)C=C1)C(C)C.CC. The van der Waals surface area contributed by atoms with Crippen LogP contribution in [0.1, 0.15) is 48.5 Å². The zero-order chi connectivity index (χ0) is 17.2. The molecule has 1 aliphatic rings. The summed E-state index contributed by atoms with van der Waals surface area (Å²) in [7, 11) is 0. The Balaban J connectivity index is 0.00000211. The van der Waals surface area contributed by atoms with Gasteiger partial charge in [0.05, 0.1) is 0 Å². The van der Waals surface area contributed by atoms with Crippen LogP contribution in [-0.4, -0.2) is 0 Å². The van der Waals surface area contributed by atoms with Gasteiger partial charge in [-0.15, -0.1) is 0 Å². The van der Waals surface area contributed by atoms with Crippen LogP contribution in [0.25, 0.3) is 0 Å². The second-order valence-electron chi connectivity index (χ2n) is 6.30. The van der Waals surface area contributed by atoms with Crippen molar-refractivity contribution in [3.8, 4) is 0 Å². The first-order valence-electron chi connectivity index (χ1n) is 8.45. The standard InChI is InChI=1S/C20H28.C2H6/c1-7-9-11-17(8-2)19(16(3)4)18-12-10-14-20(5,6)15-13-18;1-2/h7-16,19H,2H2,1,3-6H3;1-2H3/b9-7-,17-11+;. The Bertz CT molecular complexity index is 476. The molecule has 0 fully saturated rings. The fraction of sp³-hybridized carbons (Fsp3) is 0.455. The summed E-state index contributed by atoms with van der Waals surface area (Å²) in [5.41, 5.74) is 2.76. The van der Waals surface area contributed by atoms with Gasteiger partial charge in [-0.25, -0.2) is 0 Å². The van der Waals surface area contributed by atoms with Gasteiger partial charge in [0.25, 0.3) is 0 Å². The molecule has 0 aromatic carbocycles. The van der Waals surface area contributed by atoms with Crippen molar-refractivity contribution in [2.75, 3.05) is 0 Å². The van der Waals surface area contributed by atoms with Crippen molar-refractivity contribution in [3.63, 3.8) is 0 Å². The number of allylic oxidation sites excluding steroid dienone is 11. The molecule has 0 bridgehead atoms. The van der Waals surface area contributed by atoms with E-state index in [2.05, 4.69) is 82.9 Å². The van der Waals surface area contributed by atoms with Gasteiger partial charge >= 0.3 is 0 Å². The fourth-order valence-electron chi connectivity index (χ4n) is 2.50. The quantitative estimate of drug-likeness (QED) is 0.477. The third kappa shape index (κ3) is 6.47. The molecule has 0 spiro atoms. The normalized spacial score (nSPS) is 18.5. The lowest BCUT2D eigenvalue weighted by molar-refractivity contribution is 0.517. The average molecular weight is 299 g/mol. The first-order chi connectivity index (χ1) is 10.4. The van der Waals surface area contributed by atoms with Crippen LogP contribution in [0, 0.1) is 17.3 Å². The van der Waals surface area contributed by atoms with Crippen LogP contribution in [0.2, 0.25) is 0 Å². The van der Waals surface area contributed by atoms with E-state index >= 15 is 0 Å². The molecule has 0 heteroatoms. The first-order valence-corrected chi connectivity index (χ1v) is 8.45. The highest BCUT2D eigenvalue weighted by atomic mass is 14.2. The molecule has 0 aromatic heterocycles. The van der Waals surface area contributed by atoms with Gasteiger partial charge in [0.1, 0.15) is 0 Å². The van der Waals surface area contributed by atoms with Gasteiger partial charge < -0.3 is 0 Å². The summed E-state index contributed by atoms with van der Waals surface area (Å²) in [5.74, 6) is 0.925. The van der Waals surface area contributed by atoms with E-state index in [1.54, 1.807) is 0 Å². The molecule has 1 aliphatic carbocycles. The van der Waals surface area contributed by atoms with Crippen molar-refractivity contribution < 1.29 is 0 Å². The Morgan fingerprint density at radius 2 is 1.82 bits per heavy atom. The molecule has 0 heterocycles. The molecule has 122 valence electrons. The molecule has 1 atom stereocenters. The van der Waals surface area contributed by atoms with Gasteiger partial charge in [-0.2, -0.15) is 0 Å². The Morgan fingerprint density at radius 3 is 2.32 bits per heavy atom. The summed E-state index contributed by atoms with van der Waals surface area (Å²) in [6.07, 6.45) is 19.5. The largest absolute Gasteiger partial charge is 0.0988 e. The highest BCUT2D eigenvalue weighted by Gasteiger charge is 2.21. The summed E-state index contributed by atoms with van der Waals surface area (Å²) in [6.45, 7) is 19.0. The maximum absolute atomic E-state index is 3.99. The molecule has 0 saturated carbocycles. The minimum absolute atomic E-state index is 0.126.